The summed E-state index contributed by atoms with van der Waals surface area (Å²) in [5.41, 5.74) is 6.44. The number of hydrogen-bond donors (Lipinski definition) is 2. The van der Waals surface area contributed by atoms with Crippen LogP contribution in [0, 0.1) is 0 Å². The van der Waals surface area contributed by atoms with Crippen LogP contribution in [-0.2, 0) is 0 Å². The number of pyridine rings is 1. The second-order valence-corrected chi connectivity index (χ2v) is 4.73. The van der Waals surface area contributed by atoms with Gasteiger partial charge < -0.3 is 20.9 Å². The zero-order chi connectivity index (χ0) is 13.4. The van der Waals surface area contributed by atoms with Crippen molar-refractivity contribution in [3.63, 3.8) is 0 Å². The molecule has 0 aliphatic carbocycles. The van der Waals surface area contributed by atoms with Crippen LogP contribution in [0.1, 0.15) is 10.5 Å². The van der Waals surface area contributed by atoms with E-state index in [-0.39, 0.29) is 23.7 Å². The van der Waals surface area contributed by atoms with E-state index >= 15 is 0 Å². The quantitative estimate of drug-likeness (QED) is 0.714. The monoisotopic (exact) mass is 261 g/mol. The van der Waals surface area contributed by atoms with Gasteiger partial charge in [0.15, 0.2) is 5.69 Å². The largest absolute Gasteiger partial charge is 0.397 e. The normalized spacial score (nSPS) is 22.1. The van der Waals surface area contributed by atoms with Crippen molar-refractivity contribution in [3.8, 4) is 0 Å². The predicted octanol–water partition coefficient (Wildman–Crippen LogP) is -0.487. The minimum atomic E-state index is -0.169. The van der Waals surface area contributed by atoms with E-state index in [1.54, 1.807) is 28.1 Å². The molecule has 0 aromatic carbocycles. The number of amides is 3. The Hall–Kier alpha value is -2.31. The fraction of sp³-hybridized carbons (Fsp3) is 0.417. The van der Waals surface area contributed by atoms with Gasteiger partial charge in [0, 0.05) is 32.4 Å². The first-order chi connectivity index (χ1) is 9.16. The number of piperazine rings is 1. The molecule has 19 heavy (non-hydrogen) atoms. The number of urea groups is 1. The molecule has 3 N–H and O–H groups in total. The number of nitrogens with one attached hydrogen (secondary N) is 1. The van der Waals surface area contributed by atoms with Crippen molar-refractivity contribution < 1.29 is 9.59 Å². The third kappa shape index (κ3) is 1.96. The van der Waals surface area contributed by atoms with E-state index < -0.39 is 0 Å². The fourth-order valence-corrected chi connectivity index (χ4v) is 2.53. The Balaban J connectivity index is 1.76. The molecule has 1 atom stereocenters. The molecule has 1 unspecified atom stereocenters. The Kier molecular flexibility index (Phi) is 2.73. The number of hydrogen-bond acceptors (Lipinski definition) is 4. The molecule has 2 aliphatic rings. The van der Waals surface area contributed by atoms with Crippen LogP contribution in [0.25, 0.3) is 0 Å². The van der Waals surface area contributed by atoms with Gasteiger partial charge in [-0.2, -0.15) is 0 Å². The molecule has 0 spiro atoms. The van der Waals surface area contributed by atoms with Gasteiger partial charge >= 0.3 is 6.03 Å². The highest BCUT2D eigenvalue weighted by atomic mass is 16.2. The van der Waals surface area contributed by atoms with Gasteiger partial charge in [-0.15, -0.1) is 0 Å². The van der Waals surface area contributed by atoms with Gasteiger partial charge in [0.25, 0.3) is 5.91 Å². The Morgan fingerprint density at radius 2 is 2.32 bits per heavy atom. The van der Waals surface area contributed by atoms with Gasteiger partial charge in [-0.1, -0.05) is 0 Å². The first-order valence-corrected chi connectivity index (χ1v) is 6.21. The van der Waals surface area contributed by atoms with E-state index in [9.17, 15) is 9.59 Å². The predicted molar refractivity (Wildman–Crippen MR) is 68.4 cm³/mol. The molecule has 2 saturated heterocycles. The summed E-state index contributed by atoms with van der Waals surface area (Å²) in [6.07, 6.45) is 1.56. The van der Waals surface area contributed by atoms with E-state index in [0.29, 0.717) is 31.9 Å². The number of carbonyl (C=O) groups is 2. The van der Waals surface area contributed by atoms with Crippen molar-refractivity contribution in [1.82, 2.24) is 20.1 Å². The molecule has 0 saturated carbocycles. The summed E-state index contributed by atoms with van der Waals surface area (Å²) >= 11 is 0. The lowest BCUT2D eigenvalue weighted by Gasteiger charge is -2.36. The van der Waals surface area contributed by atoms with Crippen LogP contribution < -0.4 is 11.1 Å². The second-order valence-electron chi connectivity index (χ2n) is 4.73. The molecule has 3 rings (SSSR count). The van der Waals surface area contributed by atoms with Crippen molar-refractivity contribution in [2.24, 2.45) is 0 Å². The van der Waals surface area contributed by atoms with E-state index in [2.05, 4.69) is 10.3 Å². The van der Waals surface area contributed by atoms with Crippen LogP contribution in [0.2, 0.25) is 0 Å². The lowest BCUT2D eigenvalue weighted by molar-refractivity contribution is 0.0612. The average Bonchev–Trinajstić information content (AvgIpc) is 2.80. The maximum absolute atomic E-state index is 12.4. The summed E-state index contributed by atoms with van der Waals surface area (Å²) in [4.78, 5) is 31.4. The lowest BCUT2D eigenvalue weighted by atomic mass is 10.1. The SMILES string of the molecule is Nc1cccnc1C(=O)N1CCN2C(=O)NCC2C1. The number of carbonyl (C=O) groups excluding carboxylic acids is 2. The summed E-state index contributed by atoms with van der Waals surface area (Å²) < 4.78 is 0. The highest BCUT2D eigenvalue weighted by molar-refractivity contribution is 5.97. The van der Waals surface area contributed by atoms with Crippen LogP contribution in [0.3, 0.4) is 0 Å². The number of nitrogens with zero attached hydrogens (tertiary/aromatic N) is 3. The Bertz CT molecular complexity index is 533. The van der Waals surface area contributed by atoms with Gasteiger partial charge in [0.1, 0.15) is 0 Å². The first kappa shape index (κ1) is 11.8. The van der Waals surface area contributed by atoms with Crippen LogP contribution >= 0.6 is 0 Å². The zero-order valence-corrected chi connectivity index (χ0v) is 10.4. The number of rotatable bonds is 1. The van der Waals surface area contributed by atoms with Crippen LogP contribution in [-0.4, -0.2) is 58.9 Å². The molecule has 100 valence electrons. The Labute approximate surface area is 110 Å². The summed E-state index contributed by atoms with van der Waals surface area (Å²) in [5, 5.41) is 2.78. The minimum absolute atomic E-state index is 0.0468. The van der Waals surface area contributed by atoms with E-state index in [1.165, 1.54) is 0 Å². The molecule has 7 nitrogen and oxygen atoms in total. The number of fused-ring (bicyclic) bond motifs is 1. The molecule has 7 heteroatoms. The van der Waals surface area contributed by atoms with Crippen LogP contribution in [0.4, 0.5) is 10.5 Å². The zero-order valence-electron chi connectivity index (χ0n) is 10.4. The van der Waals surface area contributed by atoms with E-state index in [0.717, 1.165) is 0 Å². The molecule has 3 heterocycles. The number of anilines is 1. The average molecular weight is 261 g/mol. The van der Waals surface area contributed by atoms with Gasteiger partial charge in [-0.25, -0.2) is 9.78 Å². The third-order valence-electron chi connectivity index (χ3n) is 3.56. The Morgan fingerprint density at radius 3 is 3.11 bits per heavy atom. The van der Waals surface area contributed by atoms with Crippen molar-refractivity contribution >= 4 is 17.6 Å². The molecule has 0 bridgehead atoms. The summed E-state index contributed by atoms with van der Waals surface area (Å²) in [6.45, 7) is 2.17. The first-order valence-electron chi connectivity index (χ1n) is 6.21. The molecule has 0 radical (unpaired) electrons. The van der Waals surface area contributed by atoms with Crippen molar-refractivity contribution in [1.29, 1.82) is 0 Å². The number of nitrogens with two attached hydrogens (primary N) is 1. The molecule has 2 fully saturated rings. The maximum atomic E-state index is 12.4. The highest BCUT2D eigenvalue weighted by Crippen LogP contribution is 2.17. The lowest BCUT2D eigenvalue weighted by Crippen LogP contribution is -2.53. The van der Waals surface area contributed by atoms with Crippen molar-refractivity contribution in [3.05, 3.63) is 24.0 Å². The van der Waals surface area contributed by atoms with Crippen LogP contribution in [0.15, 0.2) is 18.3 Å². The second kappa shape index (κ2) is 4.42. The van der Waals surface area contributed by atoms with E-state index in [4.69, 9.17) is 5.73 Å². The van der Waals surface area contributed by atoms with Gasteiger partial charge in [-0.3, -0.25) is 4.79 Å². The smallest absolute Gasteiger partial charge is 0.317 e. The van der Waals surface area contributed by atoms with Gasteiger partial charge in [0.05, 0.1) is 11.7 Å². The molecule has 1 aromatic heterocycles. The fourth-order valence-electron chi connectivity index (χ4n) is 2.53. The molecular formula is C12H15N5O2. The van der Waals surface area contributed by atoms with Crippen molar-refractivity contribution in [2.45, 2.75) is 6.04 Å². The maximum Gasteiger partial charge on any atom is 0.317 e. The molecule has 3 amide bonds. The highest BCUT2D eigenvalue weighted by Gasteiger charge is 2.37. The standard InChI is InChI=1S/C12H15N5O2/c13-9-2-1-3-14-10(9)11(18)16-4-5-17-8(7-16)6-15-12(17)19/h1-3,8H,4-7,13H2,(H,15,19). The topological polar surface area (TPSA) is 91.6 Å². The summed E-state index contributed by atoms with van der Waals surface area (Å²) in [6, 6.07) is 3.37. The molecule has 1 aromatic rings. The number of aromatic nitrogens is 1. The van der Waals surface area contributed by atoms with Crippen LogP contribution in [0.5, 0.6) is 0 Å². The van der Waals surface area contributed by atoms with Crippen molar-refractivity contribution in [2.75, 3.05) is 31.9 Å². The summed E-state index contributed by atoms with van der Waals surface area (Å²) in [7, 11) is 0. The van der Waals surface area contributed by atoms with E-state index in [1.807, 2.05) is 0 Å². The number of nitrogen functional groups attached to an aromatic ring is 1. The summed E-state index contributed by atoms with van der Waals surface area (Å²) in [5.74, 6) is -0.169. The third-order valence-corrected chi connectivity index (χ3v) is 3.56. The minimum Gasteiger partial charge on any atom is -0.397 e. The molecular weight excluding hydrogens is 246 g/mol. The molecule has 2 aliphatic heterocycles. The van der Waals surface area contributed by atoms with Gasteiger partial charge in [0.2, 0.25) is 0 Å². The van der Waals surface area contributed by atoms with Gasteiger partial charge in [-0.05, 0) is 12.1 Å². The Morgan fingerprint density at radius 1 is 1.47 bits per heavy atom.